The summed E-state index contributed by atoms with van der Waals surface area (Å²) in [6.07, 6.45) is 1.91. The molecule has 0 bridgehead atoms. The SMILES string of the molecule is Cc1nc2ccccn2c1C(C(N)=O)c1ccccc1. The number of carbonyl (C=O) groups is 1. The van der Waals surface area contributed by atoms with Gasteiger partial charge in [0.25, 0.3) is 0 Å². The van der Waals surface area contributed by atoms with Gasteiger partial charge in [0.2, 0.25) is 5.91 Å². The maximum Gasteiger partial charge on any atom is 0.231 e. The van der Waals surface area contributed by atoms with Gasteiger partial charge in [-0.1, -0.05) is 36.4 Å². The number of nitrogens with two attached hydrogens (primary N) is 1. The zero-order valence-electron chi connectivity index (χ0n) is 11.2. The van der Waals surface area contributed by atoms with Crippen LogP contribution in [0.5, 0.6) is 0 Å². The Morgan fingerprint density at radius 1 is 1.15 bits per heavy atom. The number of imidazole rings is 1. The number of primary amides is 1. The van der Waals surface area contributed by atoms with E-state index in [4.69, 9.17) is 5.73 Å². The Morgan fingerprint density at radius 2 is 1.85 bits per heavy atom. The van der Waals surface area contributed by atoms with E-state index in [0.29, 0.717) is 0 Å². The minimum absolute atomic E-state index is 0.370. The quantitative estimate of drug-likeness (QED) is 0.789. The van der Waals surface area contributed by atoms with Crippen LogP contribution in [0.2, 0.25) is 0 Å². The molecule has 0 aliphatic carbocycles. The standard InChI is InChI=1S/C16H15N3O/c1-11-15(19-10-6-5-9-13(19)18-11)14(16(17)20)12-7-3-2-4-8-12/h2-10,14H,1H3,(H2,17,20). The van der Waals surface area contributed by atoms with Gasteiger partial charge in [0.05, 0.1) is 11.4 Å². The fraction of sp³-hybridized carbons (Fsp3) is 0.125. The summed E-state index contributed by atoms with van der Waals surface area (Å²) in [5, 5.41) is 0. The van der Waals surface area contributed by atoms with Gasteiger partial charge in [-0.15, -0.1) is 0 Å². The van der Waals surface area contributed by atoms with Gasteiger partial charge in [-0.25, -0.2) is 4.98 Å². The molecule has 0 radical (unpaired) electrons. The number of hydrogen-bond acceptors (Lipinski definition) is 2. The van der Waals surface area contributed by atoms with Crippen molar-refractivity contribution >= 4 is 11.6 Å². The van der Waals surface area contributed by atoms with Gasteiger partial charge in [0.1, 0.15) is 11.6 Å². The van der Waals surface area contributed by atoms with Gasteiger partial charge < -0.3 is 10.1 Å². The maximum atomic E-state index is 12.0. The molecule has 2 N–H and O–H groups in total. The van der Waals surface area contributed by atoms with Crippen molar-refractivity contribution in [2.45, 2.75) is 12.8 Å². The van der Waals surface area contributed by atoms with E-state index in [9.17, 15) is 4.79 Å². The monoisotopic (exact) mass is 265 g/mol. The third-order valence-corrected chi connectivity index (χ3v) is 3.44. The average molecular weight is 265 g/mol. The number of benzene rings is 1. The lowest BCUT2D eigenvalue weighted by Gasteiger charge is -2.14. The molecular weight excluding hydrogens is 250 g/mol. The summed E-state index contributed by atoms with van der Waals surface area (Å²) in [5.74, 6) is -0.862. The molecule has 20 heavy (non-hydrogen) atoms. The second kappa shape index (κ2) is 4.81. The Balaban J connectivity index is 2.26. The smallest absolute Gasteiger partial charge is 0.231 e. The van der Waals surface area contributed by atoms with Crippen molar-refractivity contribution in [1.29, 1.82) is 0 Å². The van der Waals surface area contributed by atoms with Gasteiger partial charge >= 0.3 is 0 Å². The summed E-state index contributed by atoms with van der Waals surface area (Å²) in [6.45, 7) is 1.90. The van der Waals surface area contributed by atoms with Crippen molar-refractivity contribution in [3.63, 3.8) is 0 Å². The Morgan fingerprint density at radius 3 is 2.55 bits per heavy atom. The van der Waals surface area contributed by atoms with Gasteiger partial charge in [0, 0.05) is 6.20 Å². The number of aromatic nitrogens is 2. The number of nitrogens with zero attached hydrogens (tertiary/aromatic N) is 2. The molecule has 1 unspecified atom stereocenters. The second-order valence-corrected chi connectivity index (χ2v) is 4.76. The zero-order valence-corrected chi connectivity index (χ0v) is 11.2. The van der Waals surface area contributed by atoms with Crippen molar-refractivity contribution in [2.75, 3.05) is 0 Å². The number of carbonyl (C=O) groups excluding carboxylic acids is 1. The molecule has 4 nitrogen and oxygen atoms in total. The predicted molar refractivity (Wildman–Crippen MR) is 77.4 cm³/mol. The molecule has 1 aromatic carbocycles. The van der Waals surface area contributed by atoms with Crippen LogP contribution in [0, 0.1) is 6.92 Å². The van der Waals surface area contributed by atoms with Gasteiger partial charge in [-0.05, 0) is 24.6 Å². The van der Waals surface area contributed by atoms with E-state index in [1.165, 1.54) is 0 Å². The summed E-state index contributed by atoms with van der Waals surface area (Å²) in [7, 11) is 0. The molecule has 0 aliphatic heterocycles. The Kier molecular flexibility index (Phi) is 2.99. The number of amides is 1. The normalized spacial score (nSPS) is 12.4. The molecule has 0 aliphatic rings. The number of pyridine rings is 1. The first-order valence-electron chi connectivity index (χ1n) is 6.46. The highest BCUT2D eigenvalue weighted by molar-refractivity contribution is 5.85. The molecule has 0 spiro atoms. The molecule has 3 rings (SSSR count). The molecule has 1 atom stereocenters. The van der Waals surface area contributed by atoms with Crippen LogP contribution in [0.25, 0.3) is 5.65 Å². The van der Waals surface area contributed by atoms with Crippen LogP contribution >= 0.6 is 0 Å². The number of aryl methyl sites for hydroxylation is 1. The molecule has 3 aromatic rings. The summed E-state index contributed by atoms with van der Waals surface area (Å²) in [5.41, 5.74) is 9.00. The van der Waals surface area contributed by atoms with Crippen LogP contribution in [0.4, 0.5) is 0 Å². The maximum absolute atomic E-state index is 12.0. The molecule has 100 valence electrons. The lowest BCUT2D eigenvalue weighted by molar-refractivity contribution is -0.118. The van der Waals surface area contributed by atoms with Crippen molar-refractivity contribution in [3.8, 4) is 0 Å². The minimum Gasteiger partial charge on any atom is -0.369 e. The Hall–Kier alpha value is -2.62. The first-order valence-corrected chi connectivity index (χ1v) is 6.46. The van der Waals surface area contributed by atoms with E-state index in [-0.39, 0.29) is 5.91 Å². The number of fused-ring (bicyclic) bond motifs is 1. The topological polar surface area (TPSA) is 60.4 Å². The molecule has 0 saturated carbocycles. The van der Waals surface area contributed by atoms with E-state index in [0.717, 1.165) is 22.6 Å². The first kappa shape index (κ1) is 12.4. The molecule has 4 heteroatoms. The second-order valence-electron chi connectivity index (χ2n) is 4.76. The zero-order chi connectivity index (χ0) is 14.1. The Labute approximate surface area is 116 Å². The van der Waals surface area contributed by atoms with Crippen LogP contribution < -0.4 is 5.73 Å². The van der Waals surface area contributed by atoms with E-state index in [2.05, 4.69) is 4.98 Å². The van der Waals surface area contributed by atoms with Crippen LogP contribution in [0.15, 0.2) is 54.7 Å². The summed E-state index contributed by atoms with van der Waals surface area (Å²) in [4.78, 5) is 16.5. The fourth-order valence-corrected chi connectivity index (χ4v) is 2.58. The lowest BCUT2D eigenvalue weighted by Crippen LogP contribution is -2.24. The summed E-state index contributed by atoms with van der Waals surface area (Å²) >= 11 is 0. The third kappa shape index (κ3) is 1.95. The highest BCUT2D eigenvalue weighted by atomic mass is 16.1. The van der Waals surface area contributed by atoms with Crippen molar-refractivity contribution in [2.24, 2.45) is 5.73 Å². The molecule has 2 heterocycles. The van der Waals surface area contributed by atoms with Crippen molar-refractivity contribution < 1.29 is 4.79 Å². The summed E-state index contributed by atoms with van der Waals surface area (Å²) in [6, 6.07) is 15.3. The number of hydrogen-bond donors (Lipinski definition) is 1. The predicted octanol–water partition coefficient (Wildman–Crippen LogP) is 2.26. The van der Waals surface area contributed by atoms with Gasteiger partial charge in [-0.2, -0.15) is 0 Å². The van der Waals surface area contributed by atoms with Crippen molar-refractivity contribution in [3.05, 3.63) is 71.7 Å². The van der Waals surface area contributed by atoms with Gasteiger partial charge in [-0.3, -0.25) is 4.79 Å². The highest BCUT2D eigenvalue weighted by Gasteiger charge is 2.25. The van der Waals surface area contributed by atoms with Crippen LogP contribution in [0.1, 0.15) is 22.9 Å². The molecule has 0 saturated heterocycles. The van der Waals surface area contributed by atoms with E-state index >= 15 is 0 Å². The molecule has 1 amide bonds. The molecule has 2 aromatic heterocycles. The average Bonchev–Trinajstić information content (AvgIpc) is 2.77. The number of rotatable bonds is 3. The van der Waals surface area contributed by atoms with Gasteiger partial charge in [0.15, 0.2) is 0 Å². The van der Waals surface area contributed by atoms with E-state index < -0.39 is 5.92 Å². The minimum atomic E-state index is -0.492. The largest absolute Gasteiger partial charge is 0.369 e. The summed E-state index contributed by atoms with van der Waals surface area (Å²) < 4.78 is 1.93. The first-order chi connectivity index (χ1) is 9.68. The van der Waals surface area contributed by atoms with Crippen LogP contribution in [-0.2, 0) is 4.79 Å². The van der Waals surface area contributed by atoms with Crippen molar-refractivity contribution in [1.82, 2.24) is 9.38 Å². The third-order valence-electron chi connectivity index (χ3n) is 3.44. The molecular formula is C16H15N3O. The van der Waals surface area contributed by atoms with Crippen LogP contribution in [0.3, 0.4) is 0 Å². The lowest BCUT2D eigenvalue weighted by atomic mass is 9.94. The van der Waals surface area contributed by atoms with E-state index in [1.54, 1.807) is 0 Å². The highest BCUT2D eigenvalue weighted by Crippen LogP contribution is 2.27. The molecule has 0 fully saturated rings. The van der Waals surface area contributed by atoms with E-state index in [1.807, 2.05) is 66.1 Å². The van der Waals surface area contributed by atoms with Crippen LogP contribution in [-0.4, -0.2) is 15.3 Å². The Bertz CT molecular complexity index is 762. The fourth-order valence-electron chi connectivity index (χ4n) is 2.58.